The van der Waals surface area contributed by atoms with Gasteiger partial charge in [-0.1, -0.05) is 12.2 Å². The lowest BCUT2D eigenvalue weighted by Gasteiger charge is -2.22. The van der Waals surface area contributed by atoms with E-state index in [-0.39, 0.29) is 12.3 Å². The minimum Gasteiger partial charge on any atom is -0.466 e. The van der Waals surface area contributed by atoms with Crippen LogP contribution >= 0.6 is 0 Å². The highest BCUT2D eigenvalue weighted by Crippen LogP contribution is 2.13. The van der Waals surface area contributed by atoms with Crippen LogP contribution in [0.2, 0.25) is 0 Å². The number of allylic oxidation sites excluding steroid dienone is 1. The molecule has 0 aromatic rings. The molecule has 1 unspecified atom stereocenters. The second kappa shape index (κ2) is 10.1. The largest absolute Gasteiger partial charge is 0.466 e. The molecule has 0 aromatic heterocycles. The maximum atomic E-state index is 10.5. The van der Waals surface area contributed by atoms with E-state index in [4.69, 9.17) is 14.2 Å². The topological polar surface area (TPSA) is 44.8 Å². The molecule has 1 aliphatic rings. The van der Waals surface area contributed by atoms with Crippen molar-refractivity contribution in [1.29, 1.82) is 0 Å². The molecule has 104 valence electrons. The molecule has 4 heteroatoms. The van der Waals surface area contributed by atoms with Crippen molar-refractivity contribution in [3.63, 3.8) is 0 Å². The molecule has 0 aliphatic carbocycles. The zero-order chi connectivity index (χ0) is 13.1. The number of carbonyl (C=O) groups excluding carboxylic acids is 1. The van der Waals surface area contributed by atoms with Gasteiger partial charge in [-0.2, -0.15) is 0 Å². The van der Waals surface area contributed by atoms with Crippen molar-refractivity contribution in [3.05, 3.63) is 12.2 Å². The van der Waals surface area contributed by atoms with Crippen LogP contribution in [-0.4, -0.2) is 32.1 Å². The smallest absolute Gasteiger partial charge is 0.302 e. The lowest BCUT2D eigenvalue weighted by molar-refractivity contribution is -0.162. The molecule has 0 radical (unpaired) electrons. The van der Waals surface area contributed by atoms with E-state index in [0.29, 0.717) is 6.61 Å². The monoisotopic (exact) mass is 256 g/mol. The van der Waals surface area contributed by atoms with Gasteiger partial charge in [0.2, 0.25) is 0 Å². The van der Waals surface area contributed by atoms with Crippen molar-refractivity contribution in [2.24, 2.45) is 0 Å². The summed E-state index contributed by atoms with van der Waals surface area (Å²) in [6.45, 7) is 3.48. The Bertz CT molecular complexity index is 244. The van der Waals surface area contributed by atoms with E-state index in [1.54, 1.807) is 0 Å². The van der Waals surface area contributed by atoms with Crippen LogP contribution in [-0.2, 0) is 19.0 Å². The van der Waals surface area contributed by atoms with Crippen molar-refractivity contribution < 1.29 is 19.0 Å². The van der Waals surface area contributed by atoms with Gasteiger partial charge < -0.3 is 14.2 Å². The first kappa shape index (κ1) is 15.2. The Balaban J connectivity index is 1.85. The Kier molecular flexibility index (Phi) is 8.51. The molecule has 1 fully saturated rings. The molecule has 1 aliphatic heterocycles. The molecule has 1 rings (SSSR count). The number of carbonyl (C=O) groups is 1. The van der Waals surface area contributed by atoms with Gasteiger partial charge >= 0.3 is 5.97 Å². The third-order valence-corrected chi connectivity index (χ3v) is 2.71. The summed E-state index contributed by atoms with van der Waals surface area (Å²) in [5.74, 6) is -0.218. The van der Waals surface area contributed by atoms with Gasteiger partial charge in [-0.05, 0) is 38.5 Å². The molecule has 0 amide bonds. The summed E-state index contributed by atoms with van der Waals surface area (Å²) in [4.78, 5) is 10.5. The van der Waals surface area contributed by atoms with Crippen molar-refractivity contribution in [2.45, 2.75) is 51.7 Å². The standard InChI is InChI=1S/C14H24O4/c1-13(15)16-10-6-3-2-4-7-11-17-14-9-5-8-12-18-14/h2-3,14H,4-12H2,1H3/b3-2-. The lowest BCUT2D eigenvalue weighted by Crippen LogP contribution is -2.22. The Morgan fingerprint density at radius 2 is 2.11 bits per heavy atom. The van der Waals surface area contributed by atoms with E-state index in [9.17, 15) is 4.79 Å². The van der Waals surface area contributed by atoms with Crippen molar-refractivity contribution in [3.8, 4) is 0 Å². The third-order valence-electron chi connectivity index (χ3n) is 2.71. The summed E-state index contributed by atoms with van der Waals surface area (Å²) in [7, 11) is 0. The zero-order valence-electron chi connectivity index (χ0n) is 11.2. The van der Waals surface area contributed by atoms with Gasteiger partial charge in [0.25, 0.3) is 0 Å². The molecule has 4 nitrogen and oxygen atoms in total. The maximum Gasteiger partial charge on any atom is 0.302 e. The Labute approximate surface area is 109 Å². The van der Waals surface area contributed by atoms with Gasteiger partial charge in [-0.3, -0.25) is 4.79 Å². The number of rotatable bonds is 8. The second-order valence-corrected chi connectivity index (χ2v) is 4.41. The summed E-state index contributed by atoms with van der Waals surface area (Å²) in [5.41, 5.74) is 0. The summed E-state index contributed by atoms with van der Waals surface area (Å²) >= 11 is 0. The quantitative estimate of drug-likeness (QED) is 0.380. The van der Waals surface area contributed by atoms with E-state index in [1.807, 2.05) is 6.08 Å². The molecule has 0 aromatic carbocycles. The zero-order valence-corrected chi connectivity index (χ0v) is 11.2. The Hall–Kier alpha value is -0.870. The normalized spacial score (nSPS) is 20.2. The van der Waals surface area contributed by atoms with Gasteiger partial charge in [0.15, 0.2) is 6.29 Å². The maximum absolute atomic E-state index is 10.5. The van der Waals surface area contributed by atoms with Gasteiger partial charge in [0.1, 0.15) is 0 Å². The summed E-state index contributed by atoms with van der Waals surface area (Å²) in [6.07, 6.45) is 10.3. The van der Waals surface area contributed by atoms with Gasteiger partial charge in [0.05, 0.1) is 13.2 Å². The number of ether oxygens (including phenoxy) is 3. The number of hydrogen-bond acceptors (Lipinski definition) is 4. The number of unbranched alkanes of at least 4 members (excludes halogenated alkanes) is 1. The molecule has 1 heterocycles. The molecule has 18 heavy (non-hydrogen) atoms. The average Bonchev–Trinajstić information content (AvgIpc) is 2.37. The first-order valence-electron chi connectivity index (χ1n) is 6.80. The highest BCUT2D eigenvalue weighted by atomic mass is 16.7. The highest BCUT2D eigenvalue weighted by molar-refractivity contribution is 5.65. The fourth-order valence-corrected chi connectivity index (χ4v) is 1.76. The van der Waals surface area contributed by atoms with Crippen LogP contribution in [0.25, 0.3) is 0 Å². The van der Waals surface area contributed by atoms with Gasteiger partial charge in [0, 0.05) is 13.5 Å². The summed E-state index contributed by atoms with van der Waals surface area (Å²) in [5, 5.41) is 0. The molecule has 0 N–H and O–H groups in total. The van der Waals surface area contributed by atoms with Crippen LogP contribution in [0.4, 0.5) is 0 Å². The summed E-state index contributed by atoms with van der Waals surface area (Å²) < 4.78 is 15.9. The third kappa shape index (κ3) is 8.25. The Morgan fingerprint density at radius 1 is 1.28 bits per heavy atom. The van der Waals surface area contributed by atoms with Crippen LogP contribution in [0.15, 0.2) is 12.2 Å². The predicted molar refractivity (Wildman–Crippen MR) is 69.2 cm³/mol. The molecule has 1 saturated heterocycles. The average molecular weight is 256 g/mol. The van der Waals surface area contributed by atoms with E-state index < -0.39 is 0 Å². The fraction of sp³-hybridized carbons (Fsp3) is 0.786. The van der Waals surface area contributed by atoms with Crippen LogP contribution in [0.3, 0.4) is 0 Å². The first-order valence-corrected chi connectivity index (χ1v) is 6.80. The van der Waals surface area contributed by atoms with Crippen molar-refractivity contribution >= 4 is 5.97 Å². The van der Waals surface area contributed by atoms with E-state index >= 15 is 0 Å². The van der Waals surface area contributed by atoms with E-state index in [2.05, 4.69) is 6.08 Å². The predicted octanol–water partition coefficient (Wildman–Crippen LogP) is 2.82. The lowest BCUT2D eigenvalue weighted by atomic mass is 10.2. The molecule has 0 bridgehead atoms. The van der Waals surface area contributed by atoms with Crippen LogP contribution in [0, 0.1) is 0 Å². The van der Waals surface area contributed by atoms with E-state index in [0.717, 1.165) is 45.3 Å². The van der Waals surface area contributed by atoms with Gasteiger partial charge in [-0.25, -0.2) is 0 Å². The van der Waals surface area contributed by atoms with E-state index in [1.165, 1.54) is 13.3 Å². The Morgan fingerprint density at radius 3 is 2.83 bits per heavy atom. The summed E-state index contributed by atoms with van der Waals surface area (Å²) in [6, 6.07) is 0. The fourth-order valence-electron chi connectivity index (χ4n) is 1.76. The van der Waals surface area contributed by atoms with Crippen LogP contribution in [0.1, 0.15) is 45.4 Å². The second-order valence-electron chi connectivity index (χ2n) is 4.41. The van der Waals surface area contributed by atoms with Gasteiger partial charge in [-0.15, -0.1) is 0 Å². The van der Waals surface area contributed by atoms with Crippen molar-refractivity contribution in [1.82, 2.24) is 0 Å². The van der Waals surface area contributed by atoms with Crippen LogP contribution < -0.4 is 0 Å². The van der Waals surface area contributed by atoms with Crippen LogP contribution in [0.5, 0.6) is 0 Å². The number of hydrogen-bond donors (Lipinski definition) is 0. The highest BCUT2D eigenvalue weighted by Gasteiger charge is 2.12. The SMILES string of the molecule is CC(=O)OCC/C=C\CCCOC1CCCCO1. The first-order chi connectivity index (χ1) is 8.79. The molecule has 0 saturated carbocycles. The molecular weight excluding hydrogens is 232 g/mol. The molecule has 0 spiro atoms. The minimum atomic E-state index is -0.218. The number of esters is 1. The van der Waals surface area contributed by atoms with Crippen molar-refractivity contribution in [2.75, 3.05) is 19.8 Å². The molecular formula is C14H24O4. The minimum absolute atomic E-state index is 0.0201. The molecule has 1 atom stereocenters.